The lowest BCUT2D eigenvalue weighted by molar-refractivity contribution is 0.0958. The maximum Gasteiger partial charge on any atom is 0.295 e. The normalized spacial score (nSPS) is 11.0. The highest BCUT2D eigenvalue weighted by Crippen LogP contribution is 2.33. The molecule has 146 valence electrons. The molecule has 0 aliphatic heterocycles. The third kappa shape index (κ3) is 4.90. The second-order valence-electron chi connectivity index (χ2n) is 6.57. The minimum Gasteiger partial charge on any atom is -0.444 e. The molecule has 0 fully saturated rings. The Morgan fingerprint density at radius 2 is 1.93 bits per heavy atom. The van der Waals surface area contributed by atoms with E-state index in [1.54, 1.807) is 28.4 Å². The van der Waals surface area contributed by atoms with Crippen LogP contribution >= 0.6 is 39.7 Å². The molecule has 0 unspecified atom stereocenters. The first-order valence-corrected chi connectivity index (χ1v) is 10.1. The summed E-state index contributed by atoms with van der Waals surface area (Å²) in [5.74, 6) is 0.150. The number of halogens is 2. The highest BCUT2D eigenvalue weighted by atomic mass is 79.9. The number of fused-ring (bicyclic) bond motifs is 1. The number of aryl methyl sites for hydroxylation is 2. The van der Waals surface area contributed by atoms with E-state index in [-0.39, 0.29) is 18.3 Å². The van der Waals surface area contributed by atoms with Crippen molar-refractivity contribution in [3.8, 4) is 0 Å². The summed E-state index contributed by atoms with van der Waals surface area (Å²) in [6.07, 6.45) is 0.856. The number of carbonyl (C=O) groups excluding carboxylic acids is 1. The van der Waals surface area contributed by atoms with Crippen LogP contribution < -0.4 is 4.90 Å². The molecule has 2 heterocycles. The molecular weight excluding hydrogens is 450 g/mol. The van der Waals surface area contributed by atoms with Crippen LogP contribution in [0, 0.1) is 13.8 Å². The molecule has 0 radical (unpaired) electrons. The molecule has 3 aromatic rings. The van der Waals surface area contributed by atoms with E-state index in [0.717, 1.165) is 28.7 Å². The van der Waals surface area contributed by atoms with E-state index < -0.39 is 0 Å². The van der Waals surface area contributed by atoms with Gasteiger partial charge in [-0.1, -0.05) is 17.4 Å². The van der Waals surface area contributed by atoms with Crippen molar-refractivity contribution in [3.05, 3.63) is 45.8 Å². The topological polar surface area (TPSA) is 49.6 Å². The van der Waals surface area contributed by atoms with Gasteiger partial charge in [0.25, 0.3) is 5.91 Å². The number of carbonyl (C=O) groups is 1. The van der Waals surface area contributed by atoms with E-state index in [1.165, 1.54) is 5.56 Å². The molecule has 1 amide bonds. The molecule has 0 aliphatic carbocycles. The lowest BCUT2D eigenvalue weighted by Gasteiger charge is -2.19. The minimum atomic E-state index is -0.164. The number of benzene rings is 1. The highest BCUT2D eigenvalue weighted by molar-refractivity contribution is 9.10. The standard InChI is InChI=1S/C19H22BrN3O2S.ClH/c1-12-6-8-15-17(13(12)2)21-19(26-15)23(11-5-10-22(3)4)18(24)14-7-9-16(20)25-14;/h6-9H,5,10-11H2,1-4H3;1H. The molecular formula is C19H23BrClN3O2S. The first-order valence-electron chi connectivity index (χ1n) is 8.45. The van der Waals surface area contributed by atoms with Crippen molar-refractivity contribution in [2.75, 3.05) is 32.1 Å². The van der Waals surface area contributed by atoms with Crippen LogP contribution in [0.2, 0.25) is 0 Å². The van der Waals surface area contributed by atoms with E-state index in [0.29, 0.717) is 22.1 Å². The van der Waals surface area contributed by atoms with Crippen molar-refractivity contribution >= 4 is 60.9 Å². The van der Waals surface area contributed by atoms with Gasteiger partial charge in [-0.05, 0) is 86.2 Å². The smallest absolute Gasteiger partial charge is 0.295 e. The Balaban J connectivity index is 0.00000261. The average Bonchev–Trinajstić information content (AvgIpc) is 3.21. The van der Waals surface area contributed by atoms with Crippen LogP contribution in [0.5, 0.6) is 0 Å². The van der Waals surface area contributed by atoms with E-state index in [2.05, 4.69) is 46.8 Å². The number of anilines is 1. The van der Waals surface area contributed by atoms with Crippen LogP contribution in [-0.4, -0.2) is 43.0 Å². The van der Waals surface area contributed by atoms with Crippen LogP contribution in [0.1, 0.15) is 28.1 Å². The van der Waals surface area contributed by atoms with Crippen molar-refractivity contribution in [2.24, 2.45) is 0 Å². The lowest BCUT2D eigenvalue weighted by Crippen LogP contribution is -2.33. The zero-order valence-corrected chi connectivity index (χ0v) is 19.0. The Morgan fingerprint density at radius 3 is 2.56 bits per heavy atom. The SMILES string of the molecule is Cc1ccc2sc(N(CCCN(C)C)C(=O)c3ccc(Br)o3)nc2c1C.Cl. The molecule has 0 spiro atoms. The zero-order valence-electron chi connectivity index (χ0n) is 15.8. The number of furan rings is 1. The van der Waals surface area contributed by atoms with Crippen molar-refractivity contribution in [1.82, 2.24) is 9.88 Å². The maximum atomic E-state index is 13.0. The van der Waals surface area contributed by atoms with Gasteiger partial charge in [-0.25, -0.2) is 4.98 Å². The fourth-order valence-corrected chi connectivity index (χ4v) is 4.08. The fraction of sp³-hybridized carbons (Fsp3) is 0.368. The molecule has 0 saturated carbocycles. The summed E-state index contributed by atoms with van der Waals surface area (Å²) in [4.78, 5) is 21.6. The van der Waals surface area contributed by atoms with Gasteiger partial charge in [0, 0.05) is 6.54 Å². The van der Waals surface area contributed by atoms with Gasteiger partial charge in [0.1, 0.15) is 0 Å². The van der Waals surface area contributed by atoms with Gasteiger partial charge in [0.05, 0.1) is 10.2 Å². The van der Waals surface area contributed by atoms with Gasteiger partial charge in [-0.2, -0.15) is 0 Å². The van der Waals surface area contributed by atoms with Crippen molar-refractivity contribution in [1.29, 1.82) is 0 Å². The fourth-order valence-electron chi connectivity index (χ4n) is 2.72. The summed E-state index contributed by atoms with van der Waals surface area (Å²) in [6, 6.07) is 7.59. The second kappa shape index (κ2) is 9.19. The molecule has 5 nitrogen and oxygen atoms in total. The number of rotatable bonds is 6. The molecule has 0 aliphatic rings. The number of nitrogens with zero attached hydrogens (tertiary/aromatic N) is 3. The van der Waals surface area contributed by atoms with Crippen LogP contribution in [0.4, 0.5) is 5.13 Å². The lowest BCUT2D eigenvalue weighted by atomic mass is 10.1. The molecule has 0 atom stereocenters. The largest absolute Gasteiger partial charge is 0.444 e. The number of hydrogen-bond acceptors (Lipinski definition) is 5. The molecule has 8 heteroatoms. The first kappa shape index (κ1) is 21.9. The molecule has 3 rings (SSSR count). The predicted octanol–water partition coefficient (Wildman–Crippen LogP) is 5.29. The van der Waals surface area contributed by atoms with Gasteiger partial charge in [0.15, 0.2) is 15.6 Å². The number of thiazole rings is 1. The Hall–Kier alpha value is -1.41. The summed E-state index contributed by atoms with van der Waals surface area (Å²) in [5, 5.41) is 0.713. The van der Waals surface area contributed by atoms with Crippen LogP contribution in [-0.2, 0) is 0 Å². The summed E-state index contributed by atoms with van der Waals surface area (Å²) < 4.78 is 7.12. The maximum absolute atomic E-state index is 13.0. The average molecular weight is 473 g/mol. The third-order valence-corrected chi connectivity index (χ3v) is 5.79. The molecule has 1 aromatic carbocycles. The summed E-state index contributed by atoms with van der Waals surface area (Å²) in [7, 11) is 4.05. The summed E-state index contributed by atoms with van der Waals surface area (Å²) >= 11 is 4.81. The zero-order chi connectivity index (χ0) is 18.8. The summed E-state index contributed by atoms with van der Waals surface area (Å²) in [6.45, 7) is 5.64. The minimum absolute atomic E-state index is 0. The van der Waals surface area contributed by atoms with Gasteiger partial charge in [0.2, 0.25) is 0 Å². The van der Waals surface area contributed by atoms with E-state index >= 15 is 0 Å². The van der Waals surface area contributed by atoms with Crippen LogP contribution in [0.25, 0.3) is 10.2 Å². The second-order valence-corrected chi connectivity index (χ2v) is 8.36. The van der Waals surface area contributed by atoms with E-state index in [1.807, 2.05) is 14.1 Å². The van der Waals surface area contributed by atoms with Gasteiger partial charge in [-0.15, -0.1) is 12.4 Å². The molecule has 2 aromatic heterocycles. The van der Waals surface area contributed by atoms with Crippen molar-refractivity contribution in [3.63, 3.8) is 0 Å². The van der Waals surface area contributed by atoms with E-state index in [9.17, 15) is 4.79 Å². The number of hydrogen-bond donors (Lipinski definition) is 0. The summed E-state index contributed by atoms with van der Waals surface area (Å²) in [5.41, 5.74) is 3.33. The first-order chi connectivity index (χ1) is 12.4. The quantitative estimate of drug-likeness (QED) is 0.489. The van der Waals surface area contributed by atoms with Crippen LogP contribution in [0.3, 0.4) is 0 Å². The van der Waals surface area contributed by atoms with Crippen molar-refractivity contribution < 1.29 is 9.21 Å². The number of aromatic nitrogens is 1. The molecule has 0 N–H and O–H groups in total. The number of amides is 1. The Kier molecular flexibility index (Phi) is 7.45. The van der Waals surface area contributed by atoms with Gasteiger partial charge < -0.3 is 9.32 Å². The van der Waals surface area contributed by atoms with Crippen molar-refractivity contribution in [2.45, 2.75) is 20.3 Å². The Bertz CT molecular complexity index is 938. The monoisotopic (exact) mass is 471 g/mol. The van der Waals surface area contributed by atoms with Gasteiger partial charge in [-0.3, -0.25) is 9.69 Å². The van der Waals surface area contributed by atoms with Gasteiger partial charge >= 0.3 is 0 Å². The highest BCUT2D eigenvalue weighted by Gasteiger charge is 2.24. The predicted molar refractivity (Wildman–Crippen MR) is 118 cm³/mol. The Morgan fingerprint density at radius 1 is 1.19 bits per heavy atom. The van der Waals surface area contributed by atoms with E-state index in [4.69, 9.17) is 9.40 Å². The Labute approximate surface area is 177 Å². The van der Waals surface area contributed by atoms with Crippen LogP contribution in [0.15, 0.2) is 33.4 Å². The molecule has 0 saturated heterocycles. The molecule has 27 heavy (non-hydrogen) atoms. The molecule has 0 bridgehead atoms. The third-order valence-electron chi connectivity index (χ3n) is 4.32.